The molecule has 1 nitrogen and oxygen atoms in total. The molecule has 0 fully saturated rings. The molecule has 0 aliphatic heterocycles. The average Bonchev–Trinajstić information content (AvgIpc) is 2.29. The summed E-state index contributed by atoms with van der Waals surface area (Å²) < 4.78 is 5.41. The van der Waals surface area contributed by atoms with Crippen molar-refractivity contribution < 1.29 is 4.74 Å². The van der Waals surface area contributed by atoms with E-state index in [2.05, 4.69) is 6.07 Å². The molecule has 0 spiro atoms. The zero-order valence-electron chi connectivity index (χ0n) is 9.55. The Morgan fingerprint density at radius 3 is 2.59 bits per heavy atom. The Kier molecular flexibility index (Phi) is 3.60. The van der Waals surface area contributed by atoms with Gasteiger partial charge in [0.2, 0.25) is 0 Å². The zero-order chi connectivity index (χ0) is 12.4. The highest BCUT2D eigenvalue weighted by Crippen LogP contribution is 2.40. The molecule has 2 aromatic carbocycles. The largest absolute Gasteiger partial charge is 0.496 e. The van der Waals surface area contributed by atoms with Gasteiger partial charge in [-0.05, 0) is 18.6 Å². The number of rotatable bonds is 2. The van der Waals surface area contributed by atoms with Gasteiger partial charge in [0.1, 0.15) is 5.75 Å². The predicted molar refractivity (Wildman–Crippen MR) is 72.0 cm³/mol. The summed E-state index contributed by atoms with van der Waals surface area (Å²) in [5, 5.41) is 1.10. The number of aryl methyl sites for hydroxylation is 1. The predicted octanol–water partition coefficient (Wildman–Crippen LogP) is 4.78. The van der Waals surface area contributed by atoms with Crippen molar-refractivity contribution >= 4 is 23.2 Å². The second kappa shape index (κ2) is 4.99. The van der Waals surface area contributed by atoms with Gasteiger partial charge in [-0.25, -0.2) is 0 Å². The third-order valence-corrected chi connectivity index (χ3v) is 3.20. The van der Waals surface area contributed by atoms with Gasteiger partial charge in [-0.1, -0.05) is 47.5 Å². The van der Waals surface area contributed by atoms with E-state index in [1.165, 1.54) is 0 Å². The fourth-order valence-corrected chi connectivity index (χ4v) is 2.39. The number of halogens is 2. The molecule has 0 atom stereocenters. The minimum absolute atomic E-state index is 0.501. The van der Waals surface area contributed by atoms with E-state index in [0.29, 0.717) is 10.0 Å². The Morgan fingerprint density at radius 2 is 1.94 bits per heavy atom. The molecule has 0 aliphatic carbocycles. The van der Waals surface area contributed by atoms with E-state index in [0.717, 1.165) is 22.4 Å². The summed E-state index contributed by atoms with van der Waals surface area (Å²) >= 11 is 12.3. The molecule has 0 amide bonds. The van der Waals surface area contributed by atoms with Crippen molar-refractivity contribution in [3.63, 3.8) is 0 Å². The molecule has 3 heteroatoms. The molecule has 0 aromatic heterocycles. The first kappa shape index (κ1) is 12.3. The van der Waals surface area contributed by atoms with Gasteiger partial charge in [0.05, 0.1) is 17.2 Å². The van der Waals surface area contributed by atoms with E-state index >= 15 is 0 Å². The highest BCUT2D eigenvalue weighted by Gasteiger charge is 2.14. The topological polar surface area (TPSA) is 9.23 Å². The van der Waals surface area contributed by atoms with Gasteiger partial charge in [-0.15, -0.1) is 0 Å². The van der Waals surface area contributed by atoms with Crippen LogP contribution in [0.3, 0.4) is 0 Å². The molecule has 2 aromatic rings. The lowest BCUT2D eigenvalue weighted by atomic mass is 10.0. The smallest absolute Gasteiger partial charge is 0.129 e. The molecule has 0 N–H and O–H groups in total. The van der Waals surface area contributed by atoms with Crippen LogP contribution in [0, 0.1) is 13.0 Å². The first-order valence-electron chi connectivity index (χ1n) is 5.15. The van der Waals surface area contributed by atoms with Gasteiger partial charge >= 0.3 is 0 Å². The van der Waals surface area contributed by atoms with E-state index in [4.69, 9.17) is 27.9 Å². The zero-order valence-corrected chi connectivity index (χ0v) is 11.1. The van der Waals surface area contributed by atoms with Gasteiger partial charge in [-0.2, -0.15) is 0 Å². The molecule has 0 unspecified atom stereocenters. The summed E-state index contributed by atoms with van der Waals surface area (Å²) in [5.74, 6) is 0.788. The van der Waals surface area contributed by atoms with Crippen LogP contribution in [0.25, 0.3) is 11.1 Å². The second-order valence-corrected chi connectivity index (χ2v) is 4.46. The molecule has 0 bridgehead atoms. The Balaban J connectivity index is 2.73. The van der Waals surface area contributed by atoms with Gasteiger partial charge in [-0.3, -0.25) is 0 Å². The molecule has 1 radical (unpaired) electrons. The maximum Gasteiger partial charge on any atom is 0.129 e. The first-order valence-corrected chi connectivity index (χ1v) is 5.90. The highest BCUT2D eigenvalue weighted by molar-refractivity contribution is 6.39. The normalized spacial score (nSPS) is 10.4. The summed E-state index contributed by atoms with van der Waals surface area (Å²) in [7, 11) is 1.64. The summed E-state index contributed by atoms with van der Waals surface area (Å²) in [4.78, 5) is 0. The number of benzene rings is 2. The van der Waals surface area contributed by atoms with E-state index in [1.807, 2.05) is 25.1 Å². The van der Waals surface area contributed by atoms with Crippen molar-refractivity contribution in [2.24, 2.45) is 0 Å². The van der Waals surface area contributed by atoms with Crippen LogP contribution in [-0.4, -0.2) is 7.11 Å². The standard InChI is InChI=1S/C14H11Cl2O/c1-9-5-3-6-10(14(9)17-2)13-11(15)7-4-8-12(13)16/h3-7H,1-2H3. The summed E-state index contributed by atoms with van der Waals surface area (Å²) in [6.45, 7) is 1.98. The number of hydrogen-bond acceptors (Lipinski definition) is 1. The van der Waals surface area contributed by atoms with Crippen molar-refractivity contribution in [3.05, 3.63) is 52.0 Å². The van der Waals surface area contributed by atoms with E-state index in [-0.39, 0.29) is 0 Å². The second-order valence-electron chi connectivity index (χ2n) is 3.67. The highest BCUT2D eigenvalue weighted by atomic mass is 35.5. The van der Waals surface area contributed by atoms with Crippen LogP contribution in [0.1, 0.15) is 5.56 Å². The van der Waals surface area contributed by atoms with Crippen molar-refractivity contribution in [2.75, 3.05) is 7.11 Å². The van der Waals surface area contributed by atoms with E-state index in [9.17, 15) is 0 Å². The monoisotopic (exact) mass is 265 g/mol. The van der Waals surface area contributed by atoms with E-state index in [1.54, 1.807) is 19.2 Å². The quantitative estimate of drug-likeness (QED) is 0.760. The van der Waals surface area contributed by atoms with Crippen LogP contribution in [0.4, 0.5) is 0 Å². The third-order valence-electron chi connectivity index (χ3n) is 2.58. The molecule has 0 heterocycles. The van der Waals surface area contributed by atoms with Crippen molar-refractivity contribution in [1.29, 1.82) is 0 Å². The average molecular weight is 266 g/mol. The van der Waals surface area contributed by atoms with Gasteiger partial charge in [0.25, 0.3) is 0 Å². The fraction of sp³-hybridized carbons (Fsp3) is 0.143. The molecule has 17 heavy (non-hydrogen) atoms. The summed E-state index contributed by atoms with van der Waals surface area (Å²) in [6.07, 6.45) is 0. The number of methoxy groups -OCH3 is 1. The van der Waals surface area contributed by atoms with Crippen molar-refractivity contribution in [3.8, 4) is 16.9 Å². The van der Waals surface area contributed by atoms with Gasteiger partial charge in [0.15, 0.2) is 0 Å². The van der Waals surface area contributed by atoms with Gasteiger partial charge in [0, 0.05) is 17.2 Å². The Labute approximate surface area is 111 Å². The van der Waals surface area contributed by atoms with Crippen LogP contribution < -0.4 is 4.74 Å². The Hall–Kier alpha value is -1.18. The van der Waals surface area contributed by atoms with Crippen LogP contribution in [0.2, 0.25) is 10.0 Å². The van der Waals surface area contributed by atoms with Crippen LogP contribution in [0.15, 0.2) is 30.3 Å². The first-order chi connectivity index (χ1) is 8.15. The molecule has 87 valence electrons. The third kappa shape index (κ3) is 2.26. The number of ether oxygens (including phenoxy) is 1. The minimum atomic E-state index is 0.501. The molecule has 0 aliphatic rings. The number of hydrogen-bond donors (Lipinski definition) is 0. The lowest BCUT2D eigenvalue weighted by Crippen LogP contribution is -1.92. The summed E-state index contributed by atoms with van der Waals surface area (Å²) in [5.41, 5.74) is 2.69. The SMILES string of the molecule is COc1c(C)cccc1-c1c(Cl)[c]ccc1Cl. The molecule has 0 saturated heterocycles. The lowest BCUT2D eigenvalue weighted by Gasteiger charge is -2.13. The lowest BCUT2D eigenvalue weighted by molar-refractivity contribution is 0.413. The van der Waals surface area contributed by atoms with Gasteiger partial charge < -0.3 is 4.74 Å². The minimum Gasteiger partial charge on any atom is -0.496 e. The maximum absolute atomic E-state index is 6.19. The van der Waals surface area contributed by atoms with Crippen molar-refractivity contribution in [2.45, 2.75) is 6.92 Å². The molecular formula is C14H11Cl2O. The van der Waals surface area contributed by atoms with Crippen LogP contribution >= 0.6 is 23.2 Å². The number of para-hydroxylation sites is 1. The maximum atomic E-state index is 6.19. The summed E-state index contributed by atoms with van der Waals surface area (Å²) in [6, 6.07) is 12.3. The fourth-order valence-electron chi connectivity index (χ4n) is 1.82. The Bertz CT molecular complexity index is 530. The molecule has 2 rings (SSSR count). The molecule has 0 saturated carbocycles. The molecular weight excluding hydrogens is 255 g/mol. The van der Waals surface area contributed by atoms with Crippen LogP contribution in [-0.2, 0) is 0 Å². The Morgan fingerprint density at radius 1 is 1.18 bits per heavy atom. The van der Waals surface area contributed by atoms with Crippen LogP contribution in [0.5, 0.6) is 5.75 Å². The van der Waals surface area contributed by atoms with E-state index < -0.39 is 0 Å². The van der Waals surface area contributed by atoms with Crippen molar-refractivity contribution in [1.82, 2.24) is 0 Å².